The van der Waals surface area contributed by atoms with E-state index in [-0.39, 0.29) is 12.5 Å². The van der Waals surface area contributed by atoms with Crippen molar-refractivity contribution in [2.75, 3.05) is 6.61 Å². The van der Waals surface area contributed by atoms with Crippen LogP contribution < -0.4 is 5.32 Å². The summed E-state index contributed by atoms with van der Waals surface area (Å²) in [7, 11) is 0. The Hall–Kier alpha value is -0.910. The molecule has 0 radical (unpaired) electrons. The van der Waals surface area contributed by atoms with Gasteiger partial charge in [0.05, 0.1) is 18.8 Å². The lowest BCUT2D eigenvalue weighted by Gasteiger charge is -2.26. The van der Waals surface area contributed by atoms with Crippen LogP contribution in [0.3, 0.4) is 0 Å². The van der Waals surface area contributed by atoms with Gasteiger partial charge >= 0.3 is 0 Å². The number of nitrogens with one attached hydrogen (secondary N) is 1. The quantitative estimate of drug-likeness (QED) is 0.0871. The van der Waals surface area contributed by atoms with Gasteiger partial charge in [-0.2, -0.15) is 0 Å². The summed E-state index contributed by atoms with van der Waals surface area (Å²) < 4.78 is 0. The fourth-order valence-corrected chi connectivity index (χ4v) is 4.28. The largest absolute Gasteiger partial charge is 0.394 e. The van der Waals surface area contributed by atoms with Gasteiger partial charge in [-0.3, -0.25) is 4.79 Å². The molecule has 0 saturated heterocycles. The number of aliphatic hydroxyl groups is 3. The van der Waals surface area contributed by atoms with Crippen LogP contribution in [0, 0.1) is 0 Å². The van der Waals surface area contributed by atoms with Gasteiger partial charge < -0.3 is 20.6 Å². The van der Waals surface area contributed by atoms with Gasteiger partial charge in [0.2, 0.25) is 5.91 Å². The van der Waals surface area contributed by atoms with Crippen LogP contribution in [0.5, 0.6) is 0 Å². The van der Waals surface area contributed by atoms with E-state index < -0.39 is 18.2 Å². The zero-order valence-electron chi connectivity index (χ0n) is 22.5. The fraction of sp³-hybridized carbons (Fsp3) is 0.897. The third-order valence-corrected chi connectivity index (χ3v) is 6.62. The molecule has 3 unspecified atom stereocenters. The number of unbranched alkanes of at least 4 members (excludes halogenated alkanes) is 15. The van der Waals surface area contributed by atoms with Crippen molar-refractivity contribution in [3.05, 3.63) is 12.2 Å². The summed E-state index contributed by atoms with van der Waals surface area (Å²) in [5.41, 5.74) is 0. The molecule has 5 nitrogen and oxygen atoms in total. The molecule has 0 aliphatic heterocycles. The van der Waals surface area contributed by atoms with Crippen LogP contribution in [0.15, 0.2) is 12.2 Å². The molecule has 4 N–H and O–H groups in total. The summed E-state index contributed by atoms with van der Waals surface area (Å²) in [6.45, 7) is 4.08. The van der Waals surface area contributed by atoms with E-state index in [1.807, 2.05) is 0 Å². The van der Waals surface area contributed by atoms with Crippen molar-refractivity contribution in [1.82, 2.24) is 5.32 Å². The average Bonchev–Trinajstić information content (AvgIpc) is 2.84. The van der Waals surface area contributed by atoms with E-state index in [0.29, 0.717) is 12.8 Å². The molecule has 3 atom stereocenters. The minimum atomic E-state index is -1.14. The highest BCUT2D eigenvalue weighted by Gasteiger charge is 2.26. The second-order valence-electron chi connectivity index (χ2n) is 9.95. The van der Waals surface area contributed by atoms with Gasteiger partial charge in [-0.15, -0.1) is 0 Å². The molecule has 0 aliphatic carbocycles. The van der Waals surface area contributed by atoms with Crippen LogP contribution in [0.4, 0.5) is 0 Å². The molecule has 0 aromatic heterocycles. The number of amides is 1. The Kier molecular flexibility index (Phi) is 24.5. The smallest absolute Gasteiger partial charge is 0.220 e. The van der Waals surface area contributed by atoms with Gasteiger partial charge in [0.15, 0.2) is 0 Å². The first kappa shape index (κ1) is 33.1. The van der Waals surface area contributed by atoms with Gasteiger partial charge in [0.25, 0.3) is 0 Å². The van der Waals surface area contributed by atoms with Gasteiger partial charge in [0.1, 0.15) is 6.10 Å². The summed E-state index contributed by atoms with van der Waals surface area (Å²) in [5, 5.41) is 33.0. The lowest BCUT2D eigenvalue weighted by atomic mass is 9.99. The van der Waals surface area contributed by atoms with E-state index in [9.17, 15) is 20.1 Å². The van der Waals surface area contributed by atoms with Crippen molar-refractivity contribution in [3.63, 3.8) is 0 Å². The SMILES string of the molecule is CCCCCC/C=C\CCCC(=O)NC(CO)C(O)C(O)CCCCCCCCCCCCC. The Labute approximate surface area is 210 Å². The van der Waals surface area contributed by atoms with E-state index >= 15 is 0 Å². The molecular weight excluding hydrogens is 426 g/mol. The number of rotatable bonds is 25. The summed E-state index contributed by atoms with van der Waals surface area (Å²) in [5.74, 6) is -0.184. The molecule has 5 heteroatoms. The third kappa shape index (κ3) is 20.5. The van der Waals surface area contributed by atoms with Crippen LogP contribution in [-0.4, -0.2) is 46.1 Å². The zero-order chi connectivity index (χ0) is 25.3. The number of carbonyl (C=O) groups excluding carboxylic acids is 1. The summed E-state index contributed by atoms with van der Waals surface area (Å²) in [6.07, 6.45) is 24.5. The molecule has 0 bridgehead atoms. The molecule has 34 heavy (non-hydrogen) atoms. The maximum atomic E-state index is 12.2. The van der Waals surface area contributed by atoms with Gasteiger partial charge in [-0.1, -0.05) is 116 Å². The van der Waals surface area contributed by atoms with E-state index in [1.165, 1.54) is 77.0 Å². The second kappa shape index (κ2) is 25.2. The molecular formula is C29H57NO4. The molecule has 0 spiro atoms. The van der Waals surface area contributed by atoms with Crippen molar-refractivity contribution < 1.29 is 20.1 Å². The predicted octanol–water partition coefficient (Wildman–Crippen LogP) is 6.58. The second-order valence-corrected chi connectivity index (χ2v) is 9.95. The van der Waals surface area contributed by atoms with Crippen molar-refractivity contribution in [2.45, 2.75) is 161 Å². The first-order valence-electron chi connectivity index (χ1n) is 14.5. The van der Waals surface area contributed by atoms with Crippen molar-refractivity contribution in [3.8, 4) is 0 Å². The number of hydrogen-bond donors (Lipinski definition) is 4. The fourth-order valence-electron chi connectivity index (χ4n) is 4.28. The molecule has 0 fully saturated rings. The summed E-state index contributed by atoms with van der Waals surface area (Å²) >= 11 is 0. The van der Waals surface area contributed by atoms with Crippen molar-refractivity contribution in [2.24, 2.45) is 0 Å². The van der Waals surface area contributed by atoms with Gasteiger partial charge in [0, 0.05) is 6.42 Å². The van der Waals surface area contributed by atoms with E-state index in [1.54, 1.807) is 0 Å². The molecule has 1 amide bonds. The monoisotopic (exact) mass is 483 g/mol. The van der Waals surface area contributed by atoms with Gasteiger partial charge in [-0.05, 0) is 32.1 Å². The first-order chi connectivity index (χ1) is 16.6. The standard InChI is InChI=1S/C29H57NO4/c1-3-5-7-9-11-13-14-16-17-19-21-23-27(32)29(34)26(25-31)30-28(33)24-22-20-18-15-12-10-8-6-4-2/h15,18,26-27,29,31-32,34H,3-14,16-17,19-25H2,1-2H3,(H,30,33)/b18-15-. The molecule has 0 aromatic carbocycles. The first-order valence-corrected chi connectivity index (χ1v) is 14.5. The van der Waals surface area contributed by atoms with Crippen LogP contribution in [0.2, 0.25) is 0 Å². The van der Waals surface area contributed by atoms with Crippen LogP contribution in [0.25, 0.3) is 0 Å². The van der Waals surface area contributed by atoms with E-state index in [2.05, 4.69) is 31.3 Å². The minimum Gasteiger partial charge on any atom is -0.394 e. The maximum absolute atomic E-state index is 12.2. The van der Waals surface area contributed by atoms with E-state index in [0.717, 1.165) is 38.5 Å². The number of aliphatic hydroxyl groups excluding tert-OH is 3. The maximum Gasteiger partial charge on any atom is 0.220 e. The summed E-state index contributed by atoms with van der Waals surface area (Å²) in [6, 6.07) is -0.815. The third-order valence-electron chi connectivity index (χ3n) is 6.62. The summed E-state index contributed by atoms with van der Waals surface area (Å²) in [4.78, 5) is 12.2. The Bertz CT molecular complexity index is 469. The van der Waals surface area contributed by atoms with E-state index in [4.69, 9.17) is 0 Å². The lowest BCUT2D eigenvalue weighted by molar-refractivity contribution is -0.124. The molecule has 202 valence electrons. The molecule has 0 saturated carbocycles. The zero-order valence-corrected chi connectivity index (χ0v) is 22.5. The van der Waals surface area contributed by atoms with Crippen LogP contribution in [-0.2, 0) is 4.79 Å². The van der Waals surface area contributed by atoms with Gasteiger partial charge in [-0.25, -0.2) is 0 Å². The average molecular weight is 484 g/mol. The molecule has 0 aromatic rings. The Morgan fingerprint density at radius 2 is 1.18 bits per heavy atom. The Balaban J connectivity index is 3.83. The number of carbonyl (C=O) groups is 1. The molecule has 0 aliphatic rings. The number of hydrogen-bond acceptors (Lipinski definition) is 4. The lowest BCUT2D eigenvalue weighted by Crippen LogP contribution is -2.50. The highest BCUT2D eigenvalue weighted by atomic mass is 16.3. The normalized spacial score (nSPS) is 14.4. The Morgan fingerprint density at radius 3 is 1.71 bits per heavy atom. The molecule has 0 rings (SSSR count). The number of allylic oxidation sites excluding steroid dienone is 2. The van der Waals surface area contributed by atoms with Crippen LogP contribution >= 0.6 is 0 Å². The Morgan fingerprint density at radius 1 is 0.706 bits per heavy atom. The van der Waals surface area contributed by atoms with Crippen molar-refractivity contribution in [1.29, 1.82) is 0 Å². The highest BCUT2D eigenvalue weighted by Crippen LogP contribution is 2.14. The highest BCUT2D eigenvalue weighted by molar-refractivity contribution is 5.76. The minimum absolute atomic E-state index is 0.184. The van der Waals surface area contributed by atoms with Crippen molar-refractivity contribution >= 4 is 5.91 Å². The molecule has 0 heterocycles. The topological polar surface area (TPSA) is 89.8 Å². The van der Waals surface area contributed by atoms with Crippen LogP contribution in [0.1, 0.15) is 142 Å². The predicted molar refractivity (Wildman–Crippen MR) is 144 cm³/mol.